The summed E-state index contributed by atoms with van der Waals surface area (Å²) in [4.78, 5) is 23.9. The van der Waals surface area contributed by atoms with Crippen LogP contribution in [-0.2, 0) is 4.74 Å². The Bertz CT molecular complexity index is 830. The number of anilines is 2. The van der Waals surface area contributed by atoms with Crippen molar-refractivity contribution in [2.24, 2.45) is 0 Å². The number of ether oxygens (including phenoxy) is 1. The zero-order valence-corrected chi connectivity index (χ0v) is 13.3. The van der Waals surface area contributed by atoms with Gasteiger partial charge in [0, 0.05) is 12.7 Å². The Morgan fingerprint density at radius 1 is 1.23 bits per heavy atom. The fraction of sp³-hybridized carbons (Fsp3) is 0.188. The molecule has 2 aromatic heterocycles. The Hall–Kier alpha value is -2.47. The number of fused-ring (bicyclic) bond motifs is 1. The van der Waals surface area contributed by atoms with Crippen LogP contribution in [0, 0.1) is 6.92 Å². The predicted molar refractivity (Wildman–Crippen MR) is 88.0 cm³/mol. The highest BCUT2D eigenvalue weighted by molar-refractivity contribution is 7.20. The molecule has 0 N–H and O–H groups in total. The summed E-state index contributed by atoms with van der Waals surface area (Å²) in [5.41, 5.74) is 1.87. The number of carbonyl (C=O) groups is 1. The minimum atomic E-state index is -0.339. The first kappa shape index (κ1) is 14.5. The first-order valence-electron chi connectivity index (χ1n) is 6.74. The predicted octanol–water partition coefficient (Wildman–Crippen LogP) is 3.55. The minimum absolute atomic E-state index is 0.339. The molecule has 2 heterocycles. The summed E-state index contributed by atoms with van der Waals surface area (Å²) in [5.74, 6) is 0.439. The van der Waals surface area contributed by atoms with E-state index in [4.69, 9.17) is 4.74 Å². The average molecular weight is 313 g/mol. The van der Waals surface area contributed by atoms with E-state index in [1.807, 2.05) is 49.2 Å². The monoisotopic (exact) mass is 313 g/mol. The number of aromatic nitrogens is 2. The van der Waals surface area contributed by atoms with E-state index >= 15 is 0 Å². The van der Waals surface area contributed by atoms with Gasteiger partial charge < -0.3 is 9.64 Å². The van der Waals surface area contributed by atoms with Crippen molar-refractivity contribution in [3.63, 3.8) is 0 Å². The smallest absolute Gasteiger partial charge is 0.348 e. The zero-order valence-electron chi connectivity index (χ0n) is 12.5. The van der Waals surface area contributed by atoms with Crippen LogP contribution in [0.4, 0.5) is 11.5 Å². The number of thiophene rings is 1. The summed E-state index contributed by atoms with van der Waals surface area (Å²) in [6, 6.07) is 9.95. The number of rotatable bonds is 3. The molecule has 0 aliphatic rings. The molecule has 0 atom stereocenters. The number of methoxy groups -OCH3 is 1. The lowest BCUT2D eigenvalue weighted by Crippen LogP contribution is -2.11. The molecule has 6 heteroatoms. The fourth-order valence-corrected chi connectivity index (χ4v) is 3.43. The normalized spacial score (nSPS) is 10.7. The van der Waals surface area contributed by atoms with Gasteiger partial charge in [-0.3, -0.25) is 0 Å². The Balaban J connectivity index is 2.18. The topological polar surface area (TPSA) is 55.3 Å². The molecule has 22 heavy (non-hydrogen) atoms. The van der Waals surface area contributed by atoms with Crippen LogP contribution in [0.25, 0.3) is 10.2 Å². The summed E-state index contributed by atoms with van der Waals surface area (Å²) in [6.45, 7) is 1.90. The van der Waals surface area contributed by atoms with Crippen molar-refractivity contribution in [1.29, 1.82) is 0 Å². The molecule has 0 unspecified atom stereocenters. The van der Waals surface area contributed by atoms with Gasteiger partial charge in [-0.05, 0) is 24.6 Å². The van der Waals surface area contributed by atoms with Gasteiger partial charge in [0.05, 0.1) is 12.5 Å². The second-order valence-corrected chi connectivity index (χ2v) is 5.82. The van der Waals surface area contributed by atoms with Gasteiger partial charge in [0.25, 0.3) is 0 Å². The molecule has 112 valence electrons. The highest BCUT2D eigenvalue weighted by Crippen LogP contribution is 2.36. The van der Waals surface area contributed by atoms with E-state index in [2.05, 4.69) is 9.97 Å². The van der Waals surface area contributed by atoms with Gasteiger partial charge in [-0.2, -0.15) is 0 Å². The molecule has 0 saturated heterocycles. The van der Waals surface area contributed by atoms with E-state index < -0.39 is 0 Å². The van der Waals surface area contributed by atoms with Crippen LogP contribution < -0.4 is 4.90 Å². The van der Waals surface area contributed by atoms with Crippen LogP contribution in [-0.4, -0.2) is 30.1 Å². The number of hydrogen-bond donors (Lipinski definition) is 0. The standard InChI is InChI=1S/C16H15N3O2S/c1-10-12-14(19(2)11-7-5-4-6-8-11)17-9-18-15(12)22-13(10)16(20)21-3/h4-9H,1-3H3. The molecule has 5 nitrogen and oxygen atoms in total. The molecule has 0 aliphatic heterocycles. The first-order chi connectivity index (χ1) is 10.6. The fourth-order valence-electron chi connectivity index (χ4n) is 2.37. The van der Waals surface area contributed by atoms with Crippen molar-refractivity contribution in [2.45, 2.75) is 6.92 Å². The minimum Gasteiger partial charge on any atom is -0.465 e. The number of aryl methyl sites for hydroxylation is 1. The van der Waals surface area contributed by atoms with E-state index in [9.17, 15) is 4.79 Å². The molecule has 0 bridgehead atoms. The van der Waals surface area contributed by atoms with Gasteiger partial charge in [-0.1, -0.05) is 18.2 Å². The van der Waals surface area contributed by atoms with Gasteiger partial charge >= 0.3 is 5.97 Å². The van der Waals surface area contributed by atoms with Gasteiger partial charge in [0.1, 0.15) is 21.9 Å². The van der Waals surface area contributed by atoms with Gasteiger partial charge in [-0.25, -0.2) is 14.8 Å². The Morgan fingerprint density at radius 3 is 2.64 bits per heavy atom. The Morgan fingerprint density at radius 2 is 1.95 bits per heavy atom. The second-order valence-electron chi connectivity index (χ2n) is 4.82. The number of esters is 1. The van der Waals surface area contributed by atoms with Crippen LogP contribution >= 0.6 is 11.3 Å². The van der Waals surface area contributed by atoms with Crippen LogP contribution in [0.1, 0.15) is 15.2 Å². The molecule has 3 aromatic rings. The molecular formula is C16H15N3O2S. The molecule has 0 radical (unpaired) electrons. The number of carbonyl (C=O) groups excluding carboxylic acids is 1. The Kier molecular flexibility index (Phi) is 3.77. The van der Waals surface area contributed by atoms with Crippen molar-refractivity contribution in [2.75, 3.05) is 19.1 Å². The van der Waals surface area contributed by atoms with E-state index in [0.717, 1.165) is 27.3 Å². The summed E-state index contributed by atoms with van der Waals surface area (Å²) in [7, 11) is 3.33. The number of benzene rings is 1. The largest absolute Gasteiger partial charge is 0.465 e. The lowest BCUT2D eigenvalue weighted by molar-refractivity contribution is 0.0605. The molecule has 0 spiro atoms. The summed E-state index contributed by atoms with van der Waals surface area (Å²) in [6.07, 6.45) is 1.52. The molecular weight excluding hydrogens is 298 g/mol. The SMILES string of the molecule is COC(=O)c1sc2ncnc(N(C)c3ccccc3)c2c1C. The number of hydrogen-bond acceptors (Lipinski definition) is 6. The average Bonchev–Trinajstić information content (AvgIpc) is 2.91. The van der Waals surface area contributed by atoms with E-state index in [0.29, 0.717) is 4.88 Å². The molecule has 0 saturated carbocycles. The number of para-hydroxylation sites is 1. The summed E-state index contributed by atoms with van der Waals surface area (Å²) >= 11 is 1.33. The van der Waals surface area contributed by atoms with Crippen molar-refractivity contribution >= 4 is 39.0 Å². The van der Waals surface area contributed by atoms with Crippen molar-refractivity contribution in [3.05, 3.63) is 47.1 Å². The highest BCUT2D eigenvalue weighted by atomic mass is 32.1. The molecule has 1 aromatic carbocycles. The highest BCUT2D eigenvalue weighted by Gasteiger charge is 2.21. The maximum atomic E-state index is 11.9. The van der Waals surface area contributed by atoms with Crippen molar-refractivity contribution in [1.82, 2.24) is 9.97 Å². The first-order valence-corrected chi connectivity index (χ1v) is 7.56. The lowest BCUT2D eigenvalue weighted by Gasteiger charge is -2.19. The zero-order chi connectivity index (χ0) is 15.7. The van der Waals surface area contributed by atoms with Gasteiger partial charge in [-0.15, -0.1) is 11.3 Å². The lowest BCUT2D eigenvalue weighted by atomic mass is 10.2. The van der Waals surface area contributed by atoms with E-state index in [1.165, 1.54) is 24.8 Å². The van der Waals surface area contributed by atoms with Crippen LogP contribution in [0.2, 0.25) is 0 Å². The van der Waals surface area contributed by atoms with Gasteiger partial charge in [0.15, 0.2) is 0 Å². The quantitative estimate of drug-likeness (QED) is 0.692. The molecule has 0 amide bonds. The third-order valence-electron chi connectivity index (χ3n) is 3.54. The Labute approximate surface area is 132 Å². The van der Waals surface area contributed by atoms with Crippen LogP contribution in [0.15, 0.2) is 36.7 Å². The van der Waals surface area contributed by atoms with E-state index in [-0.39, 0.29) is 5.97 Å². The van der Waals surface area contributed by atoms with E-state index in [1.54, 1.807) is 0 Å². The maximum absolute atomic E-state index is 11.9. The van der Waals surface area contributed by atoms with Gasteiger partial charge in [0.2, 0.25) is 0 Å². The second kappa shape index (κ2) is 5.73. The third kappa shape index (κ3) is 2.31. The summed E-state index contributed by atoms with van der Waals surface area (Å²) < 4.78 is 4.84. The van der Waals surface area contributed by atoms with Crippen molar-refractivity contribution < 1.29 is 9.53 Å². The maximum Gasteiger partial charge on any atom is 0.348 e. The summed E-state index contributed by atoms with van der Waals surface area (Å²) in [5, 5.41) is 0.888. The molecule has 0 fully saturated rings. The number of nitrogens with zero attached hydrogens (tertiary/aromatic N) is 3. The van der Waals surface area contributed by atoms with Crippen LogP contribution in [0.5, 0.6) is 0 Å². The van der Waals surface area contributed by atoms with Crippen molar-refractivity contribution in [3.8, 4) is 0 Å². The third-order valence-corrected chi connectivity index (χ3v) is 4.72. The molecule has 3 rings (SSSR count). The van der Waals surface area contributed by atoms with Crippen LogP contribution in [0.3, 0.4) is 0 Å². The molecule has 0 aliphatic carbocycles.